The van der Waals surface area contributed by atoms with Gasteiger partial charge >= 0.3 is 0 Å². The number of pyridine rings is 1. The van der Waals surface area contributed by atoms with E-state index in [1.165, 1.54) is 30.7 Å². The molecule has 1 atom stereocenters. The van der Waals surface area contributed by atoms with Crippen LogP contribution in [0, 0.1) is 11.7 Å². The SMILES string of the molecule is CCC(C)CN1CCC(c2ccn3c(-c4ccnc(N)n4)c(-c4ccc(F)cc4)nc3c2)CC1. The lowest BCUT2D eigenvalue weighted by molar-refractivity contribution is 0.186. The summed E-state index contributed by atoms with van der Waals surface area (Å²) >= 11 is 0. The molecule has 1 aliphatic heterocycles. The van der Waals surface area contributed by atoms with E-state index in [1.807, 2.05) is 10.5 Å². The second kappa shape index (κ2) is 9.50. The van der Waals surface area contributed by atoms with Gasteiger partial charge in [-0.15, -0.1) is 0 Å². The third-order valence-corrected chi connectivity index (χ3v) is 7.01. The lowest BCUT2D eigenvalue weighted by Crippen LogP contribution is -2.35. The molecule has 1 aromatic carbocycles. The van der Waals surface area contributed by atoms with Crippen molar-refractivity contribution in [2.45, 2.75) is 39.0 Å². The van der Waals surface area contributed by atoms with Crippen LogP contribution in [0.25, 0.3) is 28.3 Å². The van der Waals surface area contributed by atoms with Gasteiger partial charge in [0, 0.05) is 24.5 Å². The van der Waals surface area contributed by atoms with E-state index < -0.39 is 0 Å². The van der Waals surface area contributed by atoms with Crippen molar-refractivity contribution in [2.75, 3.05) is 25.4 Å². The number of imidazole rings is 1. The number of aromatic nitrogens is 4. The van der Waals surface area contributed by atoms with Crippen LogP contribution in [0.4, 0.5) is 10.3 Å². The second-order valence-corrected chi connectivity index (χ2v) is 9.39. The van der Waals surface area contributed by atoms with Gasteiger partial charge in [0.1, 0.15) is 11.5 Å². The summed E-state index contributed by atoms with van der Waals surface area (Å²) in [6, 6.07) is 12.6. The minimum atomic E-state index is -0.276. The first kappa shape index (κ1) is 22.5. The Kier molecular flexibility index (Phi) is 6.28. The number of anilines is 1. The fourth-order valence-corrected chi connectivity index (χ4v) is 4.89. The Morgan fingerprint density at radius 1 is 1.09 bits per heavy atom. The highest BCUT2D eigenvalue weighted by Gasteiger charge is 2.23. The van der Waals surface area contributed by atoms with Crippen LogP contribution in [0.1, 0.15) is 44.6 Å². The fourth-order valence-electron chi connectivity index (χ4n) is 4.89. The van der Waals surface area contributed by atoms with Gasteiger partial charge in [0.2, 0.25) is 5.95 Å². The zero-order valence-electron chi connectivity index (χ0n) is 19.8. The van der Waals surface area contributed by atoms with Gasteiger partial charge in [-0.1, -0.05) is 20.3 Å². The fraction of sp³-hybridized carbons (Fsp3) is 0.370. The van der Waals surface area contributed by atoms with E-state index in [0.29, 0.717) is 11.6 Å². The van der Waals surface area contributed by atoms with Gasteiger partial charge in [-0.25, -0.2) is 19.3 Å². The number of likely N-dealkylation sites (tertiary alicyclic amines) is 1. The Morgan fingerprint density at radius 2 is 1.85 bits per heavy atom. The van der Waals surface area contributed by atoms with Crippen LogP contribution in [-0.2, 0) is 0 Å². The van der Waals surface area contributed by atoms with E-state index in [1.54, 1.807) is 18.3 Å². The van der Waals surface area contributed by atoms with Gasteiger partial charge in [0.25, 0.3) is 0 Å². The molecule has 7 heteroatoms. The number of halogens is 1. The number of nitrogen functional groups attached to an aromatic ring is 1. The molecule has 0 saturated carbocycles. The Morgan fingerprint density at radius 3 is 2.56 bits per heavy atom. The molecule has 0 spiro atoms. The molecule has 4 aromatic rings. The maximum absolute atomic E-state index is 13.6. The smallest absolute Gasteiger partial charge is 0.220 e. The summed E-state index contributed by atoms with van der Waals surface area (Å²) in [5.41, 5.74) is 11.1. The molecule has 6 nitrogen and oxygen atoms in total. The van der Waals surface area contributed by atoms with Gasteiger partial charge in [0.15, 0.2) is 0 Å². The van der Waals surface area contributed by atoms with Crippen molar-refractivity contribution in [3.05, 3.63) is 66.2 Å². The van der Waals surface area contributed by atoms with Crippen molar-refractivity contribution >= 4 is 11.6 Å². The number of hydrogen-bond acceptors (Lipinski definition) is 5. The van der Waals surface area contributed by atoms with Crippen molar-refractivity contribution in [1.82, 2.24) is 24.3 Å². The summed E-state index contributed by atoms with van der Waals surface area (Å²) in [7, 11) is 0. The first-order chi connectivity index (χ1) is 16.5. The molecule has 5 rings (SSSR count). The molecule has 176 valence electrons. The first-order valence-electron chi connectivity index (χ1n) is 12.1. The summed E-state index contributed by atoms with van der Waals surface area (Å²) in [6.45, 7) is 8.07. The summed E-state index contributed by atoms with van der Waals surface area (Å²) in [4.78, 5) is 16.0. The summed E-state index contributed by atoms with van der Waals surface area (Å²) < 4.78 is 15.6. The standard InChI is InChI=1S/C27H31FN6/c1-3-18(2)17-33-13-9-19(10-14-33)21-11-15-34-24(16-21)32-25(20-4-6-22(28)7-5-20)26(34)23-8-12-30-27(29)31-23/h4-8,11-12,15-16,18-19H,3,9-10,13-14,17H2,1-2H3,(H2,29,30,31). The highest BCUT2D eigenvalue weighted by Crippen LogP contribution is 2.34. The quantitative estimate of drug-likeness (QED) is 0.419. The number of nitrogens with zero attached hydrogens (tertiary/aromatic N) is 5. The van der Waals surface area contributed by atoms with Crippen LogP contribution in [0.5, 0.6) is 0 Å². The van der Waals surface area contributed by atoms with Crippen LogP contribution in [0.3, 0.4) is 0 Å². The second-order valence-electron chi connectivity index (χ2n) is 9.39. The average molecular weight is 459 g/mol. The third kappa shape index (κ3) is 4.53. The van der Waals surface area contributed by atoms with E-state index in [2.05, 4.69) is 47.0 Å². The lowest BCUT2D eigenvalue weighted by Gasteiger charge is -2.33. The van der Waals surface area contributed by atoms with E-state index in [4.69, 9.17) is 10.7 Å². The summed E-state index contributed by atoms with van der Waals surface area (Å²) in [5.74, 6) is 1.21. The number of piperidine rings is 1. The van der Waals surface area contributed by atoms with Crippen molar-refractivity contribution < 1.29 is 4.39 Å². The zero-order chi connectivity index (χ0) is 23.7. The van der Waals surface area contributed by atoms with Gasteiger partial charge in [-0.2, -0.15) is 0 Å². The highest BCUT2D eigenvalue weighted by atomic mass is 19.1. The summed E-state index contributed by atoms with van der Waals surface area (Å²) in [5, 5.41) is 0. The Balaban J connectivity index is 1.50. The molecule has 1 aliphatic rings. The van der Waals surface area contributed by atoms with Crippen molar-refractivity contribution in [3.8, 4) is 22.6 Å². The van der Waals surface area contributed by atoms with E-state index >= 15 is 0 Å². The van der Waals surface area contributed by atoms with E-state index in [9.17, 15) is 4.39 Å². The molecule has 1 saturated heterocycles. The molecular weight excluding hydrogens is 427 g/mol. The van der Waals surface area contributed by atoms with Crippen LogP contribution < -0.4 is 5.73 Å². The molecule has 0 aliphatic carbocycles. The minimum absolute atomic E-state index is 0.207. The van der Waals surface area contributed by atoms with E-state index in [0.717, 1.165) is 54.4 Å². The number of fused-ring (bicyclic) bond motifs is 1. The molecule has 1 fully saturated rings. The van der Waals surface area contributed by atoms with Gasteiger partial charge in [-0.3, -0.25) is 4.40 Å². The monoisotopic (exact) mass is 458 g/mol. The predicted molar refractivity (Wildman–Crippen MR) is 134 cm³/mol. The zero-order valence-corrected chi connectivity index (χ0v) is 19.8. The Hall–Kier alpha value is -3.32. The van der Waals surface area contributed by atoms with Gasteiger partial charge < -0.3 is 10.6 Å². The molecule has 0 bridgehead atoms. The maximum Gasteiger partial charge on any atom is 0.220 e. The Labute approximate surface area is 199 Å². The molecule has 1 unspecified atom stereocenters. The van der Waals surface area contributed by atoms with Gasteiger partial charge in [-0.05, 0) is 85.8 Å². The topological polar surface area (TPSA) is 72.3 Å². The number of hydrogen-bond donors (Lipinski definition) is 1. The van der Waals surface area contributed by atoms with Crippen LogP contribution in [0.15, 0.2) is 54.9 Å². The molecule has 0 amide bonds. The maximum atomic E-state index is 13.6. The molecule has 4 heterocycles. The third-order valence-electron chi connectivity index (χ3n) is 7.01. The molecule has 34 heavy (non-hydrogen) atoms. The number of benzene rings is 1. The predicted octanol–water partition coefficient (Wildman–Crippen LogP) is 5.41. The first-order valence-corrected chi connectivity index (χ1v) is 12.1. The van der Waals surface area contributed by atoms with Crippen molar-refractivity contribution in [3.63, 3.8) is 0 Å². The van der Waals surface area contributed by atoms with Crippen LogP contribution in [-0.4, -0.2) is 43.9 Å². The minimum Gasteiger partial charge on any atom is -0.368 e. The average Bonchev–Trinajstić information content (AvgIpc) is 3.23. The normalized spacial score (nSPS) is 16.2. The lowest BCUT2D eigenvalue weighted by atomic mass is 9.89. The highest BCUT2D eigenvalue weighted by molar-refractivity contribution is 5.80. The number of nitrogens with two attached hydrogens (primary N) is 1. The molecule has 3 aromatic heterocycles. The molecule has 0 radical (unpaired) electrons. The van der Waals surface area contributed by atoms with Gasteiger partial charge in [0.05, 0.1) is 17.1 Å². The van der Waals surface area contributed by atoms with E-state index in [-0.39, 0.29) is 11.8 Å². The van der Waals surface area contributed by atoms with Crippen molar-refractivity contribution in [2.24, 2.45) is 5.92 Å². The number of rotatable bonds is 6. The van der Waals surface area contributed by atoms with Crippen LogP contribution >= 0.6 is 0 Å². The van der Waals surface area contributed by atoms with Crippen LogP contribution in [0.2, 0.25) is 0 Å². The van der Waals surface area contributed by atoms with Crippen molar-refractivity contribution in [1.29, 1.82) is 0 Å². The summed E-state index contributed by atoms with van der Waals surface area (Å²) in [6.07, 6.45) is 7.27. The molecular formula is C27H31FN6. The molecule has 2 N–H and O–H groups in total. The largest absolute Gasteiger partial charge is 0.368 e. The Bertz CT molecular complexity index is 1270.